The van der Waals surface area contributed by atoms with Gasteiger partial charge in [-0.05, 0) is 54.3 Å². The second-order valence-electron chi connectivity index (χ2n) is 5.79. The summed E-state index contributed by atoms with van der Waals surface area (Å²) in [5.74, 6) is -0.0421. The second-order valence-corrected chi connectivity index (χ2v) is 7.47. The Morgan fingerprint density at radius 2 is 1.61 bits per heavy atom. The van der Waals surface area contributed by atoms with Crippen LogP contribution in [0.5, 0.6) is 0 Å². The van der Waals surface area contributed by atoms with Crippen LogP contribution in [0.2, 0.25) is 0 Å². The number of carbonyl (C=O) groups is 1. The maximum absolute atomic E-state index is 12.4. The first-order valence-corrected chi connectivity index (χ1v) is 8.78. The summed E-state index contributed by atoms with van der Waals surface area (Å²) in [5, 5.41) is 0. The number of nitrogens with two attached hydrogens (primary N) is 1. The van der Waals surface area contributed by atoms with Gasteiger partial charge in [-0.15, -0.1) is 0 Å². The van der Waals surface area contributed by atoms with E-state index in [1.807, 2.05) is 12.1 Å². The lowest BCUT2D eigenvalue weighted by Gasteiger charge is -2.10. The van der Waals surface area contributed by atoms with Crippen LogP contribution in [0.4, 0.5) is 5.69 Å². The average Bonchev–Trinajstić information content (AvgIpc) is 2.47. The van der Waals surface area contributed by atoms with Gasteiger partial charge in [0.05, 0.1) is 4.90 Å². The first-order chi connectivity index (χ1) is 10.8. The largest absolute Gasteiger partial charge is 0.366 e. The van der Waals surface area contributed by atoms with Crippen LogP contribution in [-0.4, -0.2) is 14.3 Å². The van der Waals surface area contributed by atoms with E-state index >= 15 is 0 Å². The predicted molar refractivity (Wildman–Crippen MR) is 90.8 cm³/mol. The molecule has 0 aliphatic rings. The Balaban J connectivity index is 2.16. The summed E-state index contributed by atoms with van der Waals surface area (Å²) in [6.45, 7) is 4.23. The summed E-state index contributed by atoms with van der Waals surface area (Å²) in [6.07, 6.45) is 0.905. The minimum atomic E-state index is -3.66. The monoisotopic (exact) mass is 332 g/mol. The molecule has 0 aliphatic heterocycles. The van der Waals surface area contributed by atoms with Crippen molar-refractivity contribution in [3.8, 4) is 0 Å². The van der Waals surface area contributed by atoms with Crippen LogP contribution in [0, 0.1) is 5.92 Å². The molecule has 122 valence electrons. The van der Waals surface area contributed by atoms with E-state index in [2.05, 4.69) is 18.6 Å². The molecule has 0 fully saturated rings. The first-order valence-electron chi connectivity index (χ1n) is 7.29. The minimum Gasteiger partial charge on any atom is -0.366 e. The molecule has 5 nitrogen and oxygen atoms in total. The van der Waals surface area contributed by atoms with Crippen LogP contribution in [0.1, 0.15) is 29.8 Å². The molecule has 0 atom stereocenters. The molecule has 2 rings (SSSR count). The van der Waals surface area contributed by atoms with E-state index in [4.69, 9.17) is 5.73 Å². The molecule has 0 saturated carbocycles. The van der Waals surface area contributed by atoms with Crippen LogP contribution in [0.15, 0.2) is 53.4 Å². The van der Waals surface area contributed by atoms with Crippen molar-refractivity contribution < 1.29 is 13.2 Å². The fourth-order valence-corrected chi connectivity index (χ4v) is 3.25. The minimum absolute atomic E-state index is 0.198. The fourth-order valence-electron chi connectivity index (χ4n) is 2.19. The molecule has 3 N–H and O–H groups in total. The van der Waals surface area contributed by atoms with Gasteiger partial charge in [0.25, 0.3) is 10.0 Å². The lowest BCUT2D eigenvalue weighted by Crippen LogP contribution is -2.14. The third-order valence-electron chi connectivity index (χ3n) is 3.30. The molecule has 23 heavy (non-hydrogen) atoms. The molecule has 2 aromatic rings. The van der Waals surface area contributed by atoms with Gasteiger partial charge in [0.15, 0.2) is 0 Å². The number of carbonyl (C=O) groups excluding carboxylic acids is 1. The number of nitrogens with one attached hydrogen (secondary N) is 1. The lowest BCUT2D eigenvalue weighted by atomic mass is 10.0. The van der Waals surface area contributed by atoms with E-state index < -0.39 is 15.9 Å². The summed E-state index contributed by atoms with van der Waals surface area (Å²) in [5.41, 5.74) is 6.96. The SMILES string of the molecule is CC(C)Cc1ccc(S(=O)(=O)Nc2ccc(C(N)=O)cc2)cc1. The van der Waals surface area contributed by atoms with E-state index in [0.717, 1.165) is 12.0 Å². The highest BCUT2D eigenvalue weighted by Gasteiger charge is 2.14. The third-order valence-corrected chi connectivity index (χ3v) is 4.70. The molecule has 0 radical (unpaired) electrons. The number of rotatable bonds is 6. The molecule has 0 heterocycles. The molecule has 0 aromatic heterocycles. The molecule has 1 amide bonds. The third kappa shape index (κ3) is 4.56. The summed E-state index contributed by atoms with van der Waals surface area (Å²) in [4.78, 5) is 11.2. The lowest BCUT2D eigenvalue weighted by molar-refractivity contribution is 0.100. The van der Waals surface area contributed by atoms with E-state index in [9.17, 15) is 13.2 Å². The number of anilines is 1. The molecule has 0 bridgehead atoms. The molecule has 0 spiro atoms. The Morgan fingerprint density at radius 3 is 2.09 bits per heavy atom. The Kier molecular flexibility index (Phi) is 5.05. The van der Waals surface area contributed by atoms with Crippen molar-refractivity contribution in [2.45, 2.75) is 25.2 Å². The van der Waals surface area contributed by atoms with Crippen molar-refractivity contribution in [2.75, 3.05) is 4.72 Å². The van der Waals surface area contributed by atoms with E-state index in [0.29, 0.717) is 17.2 Å². The van der Waals surface area contributed by atoms with Gasteiger partial charge in [-0.25, -0.2) is 8.42 Å². The van der Waals surface area contributed by atoms with Gasteiger partial charge in [-0.3, -0.25) is 9.52 Å². The standard InChI is InChI=1S/C17H20N2O3S/c1-12(2)11-13-3-9-16(10-4-13)23(21,22)19-15-7-5-14(6-8-15)17(18)20/h3-10,12,19H,11H2,1-2H3,(H2,18,20). The highest BCUT2D eigenvalue weighted by Crippen LogP contribution is 2.18. The maximum Gasteiger partial charge on any atom is 0.261 e. The van der Waals surface area contributed by atoms with Crippen LogP contribution < -0.4 is 10.5 Å². The van der Waals surface area contributed by atoms with Crippen LogP contribution in [0.3, 0.4) is 0 Å². The van der Waals surface area contributed by atoms with Gasteiger partial charge in [0, 0.05) is 11.3 Å². The second kappa shape index (κ2) is 6.83. The van der Waals surface area contributed by atoms with Crippen molar-refractivity contribution in [1.82, 2.24) is 0 Å². The number of hydrogen-bond donors (Lipinski definition) is 2. The van der Waals surface area contributed by atoms with Crippen LogP contribution in [0.25, 0.3) is 0 Å². The number of amides is 1. The van der Waals surface area contributed by atoms with Gasteiger partial charge < -0.3 is 5.73 Å². The zero-order valence-corrected chi connectivity index (χ0v) is 13.9. The highest BCUT2D eigenvalue weighted by molar-refractivity contribution is 7.92. The summed E-state index contributed by atoms with van der Waals surface area (Å²) < 4.78 is 27.2. The van der Waals surface area contributed by atoms with E-state index in [1.165, 1.54) is 24.3 Å². The maximum atomic E-state index is 12.4. The average molecular weight is 332 g/mol. The molecule has 6 heteroatoms. The van der Waals surface area contributed by atoms with Crippen LogP contribution >= 0.6 is 0 Å². The van der Waals surface area contributed by atoms with Gasteiger partial charge in [0.2, 0.25) is 5.91 Å². The molecule has 0 aliphatic carbocycles. The van der Waals surface area contributed by atoms with Crippen molar-refractivity contribution in [2.24, 2.45) is 11.7 Å². The highest BCUT2D eigenvalue weighted by atomic mass is 32.2. The topological polar surface area (TPSA) is 89.3 Å². The number of benzene rings is 2. The Bertz CT molecular complexity index is 780. The molecule has 0 unspecified atom stereocenters. The van der Waals surface area contributed by atoms with Crippen LogP contribution in [-0.2, 0) is 16.4 Å². The zero-order valence-electron chi connectivity index (χ0n) is 13.1. The Labute approximate surface area is 136 Å². The molecular weight excluding hydrogens is 312 g/mol. The molecular formula is C17H20N2O3S. The quantitative estimate of drug-likeness (QED) is 0.852. The van der Waals surface area contributed by atoms with Gasteiger partial charge >= 0.3 is 0 Å². The summed E-state index contributed by atoms with van der Waals surface area (Å²) in [6, 6.07) is 12.8. The Hall–Kier alpha value is -2.34. The van der Waals surface area contributed by atoms with Crippen molar-refractivity contribution in [1.29, 1.82) is 0 Å². The number of sulfonamides is 1. The van der Waals surface area contributed by atoms with Crippen molar-refractivity contribution in [3.63, 3.8) is 0 Å². The number of primary amides is 1. The van der Waals surface area contributed by atoms with E-state index in [1.54, 1.807) is 12.1 Å². The summed E-state index contributed by atoms with van der Waals surface area (Å²) in [7, 11) is -3.66. The van der Waals surface area contributed by atoms with Gasteiger partial charge in [-0.1, -0.05) is 26.0 Å². The fraction of sp³-hybridized carbons (Fsp3) is 0.235. The first kappa shape index (κ1) is 17.0. The smallest absolute Gasteiger partial charge is 0.261 e. The zero-order chi connectivity index (χ0) is 17.0. The number of hydrogen-bond acceptors (Lipinski definition) is 3. The van der Waals surface area contributed by atoms with Crippen molar-refractivity contribution in [3.05, 3.63) is 59.7 Å². The molecule has 2 aromatic carbocycles. The van der Waals surface area contributed by atoms with Crippen molar-refractivity contribution >= 4 is 21.6 Å². The molecule has 0 saturated heterocycles. The Morgan fingerprint density at radius 1 is 1.04 bits per heavy atom. The predicted octanol–water partition coefficient (Wildman–Crippen LogP) is 2.78. The van der Waals surface area contributed by atoms with E-state index in [-0.39, 0.29) is 4.90 Å². The summed E-state index contributed by atoms with van der Waals surface area (Å²) >= 11 is 0. The normalized spacial score (nSPS) is 11.4. The van der Waals surface area contributed by atoms with Gasteiger partial charge in [0.1, 0.15) is 0 Å². The van der Waals surface area contributed by atoms with Gasteiger partial charge in [-0.2, -0.15) is 0 Å².